The average Bonchev–Trinajstić information content (AvgIpc) is 2.39. The molecule has 19 heavy (non-hydrogen) atoms. The Hall–Kier alpha value is -2.29. The van der Waals surface area contributed by atoms with Gasteiger partial charge in [0.2, 0.25) is 0 Å². The van der Waals surface area contributed by atoms with Crippen molar-refractivity contribution in [1.82, 2.24) is 5.32 Å². The van der Waals surface area contributed by atoms with Crippen molar-refractivity contribution in [1.29, 1.82) is 0 Å². The first-order valence-corrected chi connectivity index (χ1v) is 6.28. The number of aryl methyl sites for hydroxylation is 1. The molecule has 0 spiro atoms. The Morgan fingerprint density at radius 3 is 2.68 bits per heavy atom. The molecule has 0 aliphatic heterocycles. The Balaban J connectivity index is 1.90. The van der Waals surface area contributed by atoms with Crippen LogP contribution in [0, 0.1) is 6.92 Å². The zero-order valence-corrected chi connectivity index (χ0v) is 10.9. The summed E-state index contributed by atoms with van der Waals surface area (Å²) in [6.07, 6.45) is 0.779. The summed E-state index contributed by atoms with van der Waals surface area (Å²) >= 11 is 0. The number of hydrogen-bond acceptors (Lipinski definition) is 2. The van der Waals surface area contributed by atoms with E-state index in [1.165, 1.54) is 17.2 Å². The van der Waals surface area contributed by atoms with Crippen molar-refractivity contribution < 1.29 is 9.90 Å². The molecule has 0 saturated heterocycles. The number of carbonyl (C=O) groups is 1. The monoisotopic (exact) mass is 255 g/mol. The summed E-state index contributed by atoms with van der Waals surface area (Å²) in [6, 6.07) is 14.7. The van der Waals surface area contributed by atoms with Gasteiger partial charge in [0.15, 0.2) is 0 Å². The minimum absolute atomic E-state index is 0.00977. The minimum atomic E-state index is -0.245. The normalized spacial score (nSPS) is 10.2. The van der Waals surface area contributed by atoms with E-state index in [-0.39, 0.29) is 11.7 Å². The molecule has 0 aliphatic carbocycles. The molecule has 2 aromatic rings. The van der Waals surface area contributed by atoms with E-state index in [1.807, 2.05) is 25.1 Å². The van der Waals surface area contributed by atoms with Crippen molar-refractivity contribution in [3.63, 3.8) is 0 Å². The summed E-state index contributed by atoms with van der Waals surface area (Å²) < 4.78 is 0. The molecule has 0 bridgehead atoms. The molecular formula is C16H17NO2. The van der Waals surface area contributed by atoms with E-state index in [4.69, 9.17) is 0 Å². The zero-order valence-electron chi connectivity index (χ0n) is 10.9. The summed E-state index contributed by atoms with van der Waals surface area (Å²) in [5.41, 5.74) is 2.72. The van der Waals surface area contributed by atoms with Crippen LogP contribution in [0.25, 0.3) is 0 Å². The van der Waals surface area contributed by atoms with E-state index in [9.17, 15) is 9.90 Å². The maximum absolute atomic E-state index is 11.9. The highest BCUT2D eigenvalue weighted by atomic mass is 16.3. The Bertz CT molecular complexity index is 578. The van der Waals surface area contributed by atoms with E-state index in [1.54, 1.807) is 18.2 Å². The highest BCUT2D eigenvalue weighted by Crippen LogP contribution is 2.14. The van der Waals surface area contributed by atoms with Crippen LogP contribution in [-0.2, 0) is 6.42 Å². The Morgan fingerprint density at radius 1 is 1.16 bits per heavy atom. The number of amides is 1. The minimum Gasteiger partial charge on any atom is -0.507 e. The summed E-state index contributed by atoms with van der Waals surface area (Å²) in [4.78, 5) is 11.9. The summed E-state index contributed by atoms with van der Waals surface area (Å²) in [5.74, 6) is -0.235. The second-order valence-corrected chi connectivity index (χ2v) is 4.51. The molecular weight excluding hydrogens is 238 g/mol. The van der Waals surface area contributed by atoms with E-state index in [0.717, 1.165) is 6.42 Å². The summed E-state index contributed by atoms with van der Waals surface area (Å²) in [6.45, 7) is 2.60. The molecule has 0 heterocycles. The first kappa shape index (κ1) is 13.1. The van der Waals surface area contributed by atoms with Gasteiger partial charge in [0.1, 0.15) is 5.75 Å². The highest BCUT2D eigenvalue weighted by Gasteiger charge is 2.08. The lowest BCUT2D eigenvalue weighted by Gasteiger charge is -2.07. The fourth-order valence-corrected chi connectivity index (χ4v) is 1.95. The summed E-state index contributed by atoms with van der Waals surface area (Å²) in [7, 11) is 0. The molecule has 0 unspecified atom stereocenters. The van der Waals surface area contributed by atoms with Crippen LogP contribution < -0.4 is 5.32 Å². The first-order chi connectivity index (χ1) is 9.16. The van der Waals surface area contributed by atoms with Crippen molar-refractivity contribution in [2.75, 3.05) is 6.54 Å². The molecule has 3 nitrogen and oxygen atoms in total. The van der Waals surface area contributed by atoms with Gasteiger partial charge in [0, 0.05) is 6.54 Å². The molecule has 2 rings (SSSR count). The molecule has 98 valence electrons. The lowest BCUT2D eigenvalue weighted by molar-refractivity contribution is 0.0951. The topological polar surface area (TPSA) is 49.3 Å². The van der Waals surface area contributed by atoms with E-state index in [2.05, 4.69) is 11.4 Å². The van der Waals surface area contributed by atoms with E-state index < -0.39 is 0 Å². The van der Waals surface area contributed by atoms with Crippen LogP contribution in [0.3, 0.4) is 0 Å². The average molecular weight is 255 g/mol. The van der Waals surface area contributed by atoms with Crippen LogP contribution >= 0.6 is 0 Å². The molecule has 3 heteroatoms. The number of benzene rings is 2. The van der Waals surface area contributed by atoms with Gasteiger partial charge >= 0.3 is 0 Å². The van der Waals surface area contributed by atoms with Crippen LogP contribution in [0.4, 0.5) is 0 Å². The van der Waals surface area contributed by atoms with Crippen molar-refractivity contribution in [3.8, 4) is 5.75 Å². The Labute approximate surface area is 112 Å². The fraction of sp³-hybridized carbons (Fsp3) is 0.188. The SMILES string of the molecule is Cc1cccc(CCNC(=O)c2ccccc2O)c1. The van der Waals surface area contributed by atoms with Gasteiger partial charge in [0.25, 0.3) is 5.91 Å². The van der Waals surface area contributed by atoms with Gasteiger partial charge in [0.05, 0.1) is 5.56 Å². The van der Waals surface area contributed by atoms with Gasteiger partial charge in [-0.1, -0.05) is 42.0 Å². The van der Waals surface area contributed by atoms with Gasteiger partial charge in [-0.3, -0.25) is 4.79 Å². The standard InChI is InChI=1S/C16H17NO2/c1-12-5-4-6-13(11-12)9-10-17-16(19)14-7-2-3-8-15(14)18/h2-8,11,18H,9-10H2,1H3,(H,17,19). The first-order valence-electron chi connectivity index (χ1n) is 6.28. The number of hydrogen-bond donors (Lipinski definition) is 2. The molecule has 0 atom stereocenters. The Morgan fingerprint density at radius 2 is 1.95 bits per heavy atom. The molecule has 0 aliphatic rings. The van der Waals surface area contributed by atoms with Gasteiger partial charge in [-0.2, -0.15) is 0 Å². The lowest BCUT2D eigenvalue weighted by Crippen LogP contribution is -2.25. The predicted molar refractivity (Wildman–Crippen MR) is 75.3 cm³/mol. The van der Waals surface area contributed by atoms with Crippen LogP contribution in [0.15, 0.2) is 48.5 Å². The molecule has 0 aromatic heterocycles. The van der Waals surface area contributed by atoms with Crippen LogP contribution in [0.2, 0.25) is 0 Å². The molecule has 1 amide bonds. The van der Waals surface area contributed by atoms with Gasteiger partial charge in [-0.15, -0.1) is 0 Å². The van der Waals surface area contributed by atoms with Crippen molar-refractivity contribution in [3.05, 3.63) is 65.2 Å². The number of phenolic OH excluding ortho intramolecular Hbond substituents is 1. The number of nitrogens with one attached hydrogen (secondary N) is 1. The van der Waals surface area contributed by atoms with Crippen molar-refractivity contribution in [2.24, 2.45) is 0 Å². The second-order valence-electron chi connectivity index (χ2n) is 4.51. The van der Waals surface area contributed by atoms with Gasteiger partial charge in [-0.05, 0) is 31.0 Å². The Kier molecular flexibility index (Phi) is 4.18. The highest BCUT2D eigenvalue weighted by molar-refractivity contribution is 5.96. The fourth-order valence-electron chi connectivity index (χ4n) is 1.95. The van der Waals surface area contributed by atoms with E-state index >= 15 is 0 Å². The van der Waals surface area contributed by atoms with Crippen LogP contribution in [0.1, 0.15) is 21.5 Å². The largest absolute Gasteiger partial charge is 0.507 e. The number of phenols is 1. The number of carbonyl (C=O) groups excluding carboxylic acids is 1. The molecule has 2 aromatic carbocycles. The predicted octanol–water partition coefficient (Wildman–Crippen LogP) is 2.67. The number of rotatable bonds is 4. The smallest absolute Gasteiger partial charge is 0.255 e. The number of aromatic hydroxyl groups is 1. The summed E-state index contributed by atoms with van der Waals surface area (Å²) in [5, 5.41) is 12.4. The third kappa shape index (κ3) is 3.58. The quantitative estimate of drug-likeness (QED) is 0.882. The maximum atomic E-state index is 11.9. The zero-order chi connectivity index (χ0) is 13.7. The van der Waals surface area contributed by atoms with Crippen LogP contribution in [0.5, 0.6) is 5.75 Å². The maximum Gasteiger partial charge on any atom is 0.255 e. The van der Waals surface area contributed by atoms with Gasteiger partial charge in [-0.25, -0.2) is 0 Å². The second kappa shape index (κ2) is 6.05. The molecule has 0 saturated carbocycles. The van der Waals surface area contributed by atoms with E-state index in [0.29, 0.717) is 12.1 Å². The molecule has 0 fully saturated rings. The van der Waals surface area contributed by atoms with Crippen molar-refractivity contribution >= 4 is 5.91 Å². The number of para-hydroxylation sites is 1. The third-order valence-corrected chi connectivity index (χ3v) is 2.93. The third-order valence-electron chi connectivity index (χ3n) is 2.93. The molecule has 2 N–H and O–H groups in total. The van der Waals surface area contributed by atoms with Crippen LogP contribution in [-0.4, -0.2) is 17.6 Å². The van der Waals surface area contributed by atoms with Gasteiger partial charge < -0.3 is 10.4 Å². The lowest BCUT2D eigenvalue weighted by atomic mass is 10.1. The van der Waals surface area contributed by atoms with Crippen molar-refractivity contribution in [2.45, 2.75) is 13.3 Å². The molecule has 0 radical (unpaired) electrons.